The normalized spacial score (nSPS) is 20.7. The maximum Gasteiger partial charge on any atom is 0.269 e. The largest absolute Gasteiger partial charge is 0.490 e. The molecular weight excluding hydrogens is 406 g/mol. The van der Waals surface area contributed by atoms with E-state index in [0.717, 1.165) is 0 Å². The van der Waals surface area contributed by atoms with Crippen LogP contribution in [0.5, 0.6) is 5.75 Å². The summed E-state index contributed by atoms with van der Waals surface area (Å²) in [5.74, 6) is -0.470. The average Bonchev–Trinajstić information content (AvgIpc) is 2.74. The standard InChI is InChI=1S/C17H23N3O8S/c21-16(18-22)17(7-11-27-12-8-17)29(25,26)19-9-5-15(6-10-19)28-14-3-1-13(2-4-14)20(23)24/h1-4,15,22H,5-12H2,(H,18,21). The molecule has 160 valence electrons. The van der Waals surface area contributed by atoms with Gasteiger partial charge in [-0.3, -0.25) is 20.1 Å². The molecule has 1 aromatic rings. The summed E-state index contributed by atoms with van der Waals surface area (Å²) in [5.41, 5.74) is 1.46. The first kappa shape index (κ1) is 21.4. The van der Waals surface area contributed by atoms with E-state index in [4.69, 9.17) is 14.7 Å². The first-order valence-corrected chi connectivity index (χ1v) is 10.7. The topological polar surface area (TPSA) is 148 Å². The van der Waals surface area contributed by atoms with Gasteiger partial charge in [0, 0.05) is 51.3 Å². The smallest absolute Gasteiger partial charge is 0.269 e. The van der Waals surface area contributed by atoms with E-state index >= 15 is 0 Å². The summed E-state index contributed by atoms with van der Waals surface area (Å²) in [4.78, 5) is 22.5. The van der Waals surface area contributed by atoms with Crippen molar-refractivity contribution < 1.29 is 32.8 Å². The number of carbonyl (C=O) groups excluding carboxylic acids is 1. The van der Waals surface area contributed by atoms with E-state index in [1.165, 1.54) is 34.1 Å². The molecule has 2 aliphatic heterocycles. The number of benzene rings is 1. The maximum absolute atomic E-state index is 13.2. The molecule has 2 N–H and O–H groups in total. The number of amides is 1. The van der Waals surface area contributed by atoms with Gasteiger partial charge < -0.3 is 9.47 Å². The Hall–Kier alpha value is -2.28. The number of nitrogens with zero attached hydrogens (tertiary/aromatic N) is 2. The second-order valence-electron chi connectivity index (χ2n) is 7.02. The van der Waals surface area contributed by atoms with Crippen LogP contribution in [-0.2, 0) is 19.6 Å². The van der Waals surface area contributed by atoms with E-state index in [0.29, 0.717) is 18.6 Å². The SMILES string of the molecule is O=C(NO)C1(S(=O)(=O)N2CCC(Oc3ccc([N+](=O)[O-])cc3)CC2)CCOCC1. The molecule has 2 fully saturated rings. The Morgan fingerprint density at radius 2 is 1.83 bits per heavy atom. The van der Waals surface area contributed by atoms with Gasteiger partial charge in [-0.15, -0.1) is 0 Å². The molecule has 2 saturated heterocycles. The predicted octanol–water partition coefficient (Wildman–Crippen LogP) is 0.822. The molecule has 29 heavy (non-hydrogen) atoms. The van der Waals surface area contributed by atoms with E-state index < -0.39 is 25.6 Å². The van der Waals surface area contributed by atoms with Crippen molar-refractivity contribution in [2.24, 2.45) is 0 Å². The van der Waals surface area contributed by atoms with Gasteiger partial charge in [-0.25, -0.2) is 18.2 Å². The number of nitro benzene ring substituents is 1. The van der Waals surface area contributed by atoms with Gasteiger partial charge in [-0.1, -0.05) is 0 Å². The van der Waals surface area contributed by atoms with Crippen LogP contribution in [0.25, 0.3) is 0 Å². The molecule has 0 spiro atoms. The molecule has 0 aromatic heterocycles. The Bertz CT molecular complexity index is 844. The second-order valence-corrected chi connectivity index (χ2v) is 9.27. The van der Waals surface area contributed by atoms with Crippen molar-refractivity contribution in [2.45, 2.75) is 36.5 Å². The minimum atomic E-state index is -4.02. The first-order valence-electron chi connectivity index (χ1n) is 9.23. The number of rotatable bonds is 6. The molecule has 1 amide bonds. The molecule has 2 aliphatic rings. The number of nitrogens with one attached hydrogen (secondary N) is 1. The number of hydrogen-bond acceptors (Lipinski definition) is 8. The van der Waals surface area contributed by atoms with E-state index in [-0.39, 0.29) is 50.9 Å². The number of piperidine rings is 1. The van der Waals surface area contributed by atoms with Crippen molar-refractivity contribution in [1.82, 2.24) is 9.79 Å². The number of carbonyl (C=O) groups is 1. The van der Waals surface area contributed by atoms with Gasteiger partial charge in [-0.05, 0) is 25.0 Å². The van der Waals surface area contributed by atoms with Gasteiger partial charge >= 0.3 is 0 Å². The van der Waals surface area contributed by atoms with Gasteiger partial charge in [0.1, 0.15) is 11.9 Å². The van der Waals surface area contributed by atoms with Crippen LogP contribution >= 0.6 is 0 Å². The lowest BCUT2D eigenvalue weighted by molar-refractivity contribution is -0.384. The van der Waals surface area contributed by atoms with Gasteiger partial charge in [0.25, 0.3) is 11.6 Å². The number of sulfonamides is 1. The number of ether oxygens (including phenoxy) is 2. The summed E-state index contributed by atoms with van der Waals surface area (Å²) in [6.07, 6.45) is 0.509. The molecule has 1 aromatic carbocycles. The summed E-state index contributed by atoms with van der Waals surface area (Å²) in [5, 5.41) is 19.8. The van der Waals surface area contributed by atoms with Crippen molar-refractivity contribution in [1.29, 1.82) is 0 Å². The van der Waals surface area contributed by atoms with E-state index in [1.54, 1.807) is 0 Å². The number of hydroxylamine groups is 1. The lowest BCUT2D eigenvalue weighted by Gasteiger charge is -2.40. The van der Waals surface area contributed by atoms with Gasteiger partial charge in [0.2, 0.25) is 10.0 Å². The Labute approximate surface area is 167 Å². The minimum Gasteiger partial charge on any atom is -0.490 e. The highest BCUT2D eigenvalue weighted by Gasteiger charge is 2.54. The van der Waals surface area contributed by atoms with Crippen LogP contribution in [0.3, 0.4) is 0 Å². The van der Waals surface area contributed by atoms with Crippen LogP contribution in [0.4, 0.5) is 5.69 Å². The summed E-state index contributed by atoms with van der Waals surface area (Å²) in [7, 11) is -4.02. The highest BCUT2D eigenvalue weighted by Crippen LogP contribution is 2.34. The van der Waals surface area contributed by atoms with Crippen LogP contribution in [0.2, 0.25) is 0 Å². The predicted molar refractivity (Wildman–Crippen MR) is 100.0 cm³/mol. The molecule has 0 radical (unpaired) electrons. The zero-order valence-electron chi connectivity index (χ0n) is 15.7. The minimum absolute atomic E-state index is 0.0268. The third-order valence-electron chi connectivity index (χ3n) is 5.40. The van der Waals surface area contributed by atoms with Crippen LogP contribution in [-0.4, -0.2) is 65.9 Å². The quantitative estimate of drug-likeness (QED) is 0.384. The number of non-ortho nitro benzene ring substituents is 1. The summed E-state index contributed by atoms with van der Waals surface area (Å²) in [6.45, 7) is 0.571. The molecule has 0 unspecified atom stereocenters. The van der Waals surface area contributed by atoms with Crippen molar-refractivity contribution in [2.75, 3.05) is 26.3 Å². The van der Waals surface area contributed by atoms with Gasteiger partial charge in [0.15, 0.2) is 4.75 Å². The third kappa shape index (κ3) is 4.20. The molecule has 0 atom stereocenters. The maximum atomic E-state index is 13.2. The Kier molecular flexibility index (Phi) is 6.36. The third-order valence-corrected chi connectivity index (χ3v) is 8.03. The molecular formula is C17H23N3O8S. The van der Waals surface area contributed by atoms with Gasteiger partial charge in [0.05, 0.1) is 4.92 Å². The highest BCUT2D eigenvalue weighted by atomic mass is 32.2. The van der Waals surface area contributed by atoms with Crippen molar-refractivity contribution in [3.63, 3.8) is 0 Å². The molecule has 2 heterocycles. The van der Waals surface area contributed by atoms with Gasteiger partial charge in [-0.2, -0.15) is 0 Å². The Morgan fingerprint density at radius 1 is 1.24 bits per heavy atom. The Balaban J connectivity index is 1.65. The zero-order chi connectivity index (χ0) is 21.1. The molecule has 0 saturated carbocycles. The molecule has 0 aliphatic carbocycles. The van der Waals surface area contributed by atoms with Crippen LogP contribution in [0, 0.1) is 10.1 Å². The zero-order valence-corrected chi connectivity index (χ0v) is 16.5. The van der Waals surface area contributed by atoms with Crippen LogP contribution < -0.4 is 10.2 Å². The lowest BCUT2D eigenvalue weighted by Crippen LogP contribution is -2.60. The van der Waals surface area contributed by atoms with E-state index in [1.807, 2.05) is 0 Å². The Morgan fingerprint density at radius 3 is 2.34 bits per heavy atom. The fourth-order valence-corrected chi connectivity index (χ4v) is 5.83. The van der Waals surface area contributed by atoms with Crippen molar-refractivity contribution >= 4 is 21.6 Å². The van der Waals surface area contributed by atoms with Crippen LogP contribution in [0.1, 0.15) is 25.7 Å². The van der Waals surface area contributed by atoms with Crippen molar-refractivity contribution in [3.05, 3.63) is 34.4 Å². The number of hydrogen-bond donors (Lipinski definition) is 2. The summed E-state index contributed by atoms with van der Waals surface area (Å²) in [6, 6.07) is 5.70. The van der Waals surface area contributed by atoms with Crippen LogP contribution in [0.15, 0.2) is 24.3 Å². The summed E-state index contributed by atoms with van der Waals surface area (Å²) < 4.78 is 37.0. The average molecular weight is 429 g/mol. The number of nitro groups is 1. The highest BCUT2D eigenvalue weighted by molar-refractivity contribution is 7.91. The molecule has 12 heteroatoms. The molecule has 11 nitrogen and oxygen atoms in total. The first-order chi connectivity index (χ1) is 13.8. The molecule has 0 bridgehead atoms. The van der Waals surface area contributed by atoms with E-state index in [9.17, 15) is 23.3 Å². The summed E-state index contributed by atoms with van der Waals surface area (Å²) >= 11 is 0. The lowest BCUT2D eigenvalue weighted by atomic mass is 9.98. The fraction of sp³-hybridized carbons (Fsp3) is 0.588. The van der Waals surface area contributed by atoms with E-state index in [2.05, 4.69) is 0 Å². The fourth-order valence-electron chi connectivity index (χ4n) is 3.68. The van der Waals surface area contributed by atoms with Crippen molar-refractivity contribution in [3.8, 4) is 5.75 Å². The monoisotopic (exact) mass is 429 g/mol. The molecule has 3 rings (SSSR count). The second kappa shape index (κ2) is 8.61.